The Morgan fingerprint density at radius 2 is 2.00 bits per heavy atom. The van der Waals surface area contributed by atoms with Crippen LogP contribution in [0.3, 0.4) is 0 Å². The Labute approximate surface area is 166 Å². The fourth-order valence-electron chi connectivity index (χ4n) is 2.84. The van der Waals surface area contributed by atoms with Crippen LogP contribution >= 0.6 is 11.6 Å². The molecule has 1 N–H and O–H groups in total. The van der Waals surface area contributed by atoms with E-state index in [0.29, 0.717) is 47.7 Å². The van der Waals surface area contributed by atoms with Crippen LogP contribution in [0.5, 0.6) is 11.5 Å². The quantitative estimate of drug-likeness (QED) is 0.725. The van der Waals surface area contributed by atoms with E-state index in [1.807, 2.05) is 6.07 Å². The molecule has 0 fully saturated rings. The second-order valence-electron chi connectivity index (χ2n) is 6.32. The molecule has 2 aromatic carbocycles. The van der Waals surface area contributed by atoms with E-state index in [2.05, 4.69) is 20.7 Å². The zero-order valence-electron chi connectivity index (χ0n) is 15.2. The first-order valence-corrected chi connectivity index (χ1v) is 9.18. The van der Waals surface area contributed by atoms with E-state index in [4.69, 9.17) is 21.1 Å². The van der Waals surface area contributed by atoms with Crippen LogP contribution in [0.4, 0.5) is 0 Å². The van der Waals surface area contributed by atoms with Crippen molar-refractivity contribution >= 4 is 17.5 Å². The number of nitrogens with zero attached hydrogens (tertiary/aromatic N) is 4. The lowest BCUT2D eigenvalue weighted by Crippen LogP contribution is -2.22. The summed E-state index contributed by atoms with van der Waals surface area (Å²) >= 11 is 6.29. The van der Waals surface area contributed by atoms with Gasteiger partial charge in [0.1, 0.15) is 0 Å². The zero-order chi connectivity index (χ0) is 19.5. The van der Waals surface area contributed by atoms with E-state index < -0.39 is 0 Å². The van der Waals surface area contributed by atoms with Gasteiger partial charge in [-0.05, 0) is 35.0 Å². The van der Waals surface area contributed by atoms with Crippen molar-refractivity contribution in [3.8, 4) is 22.9 Å². The third-order valence-corrected chi connectivity index (χ3v) is 4.51. The van der Waals surface area contributed by atoms with Crippen molar-refractivity contribution < 1.29 is 14.3 Å². The van der Waals surface area contributed by atoms with Crippen molar-refractivity contribution in [2.24, 2.45) is 7.05 Å². The molecule has 1 aromatic heterocycles. The van der Waals surface area contributed by atoms with Gasteiger partial charge in [-0.25, -0.2) is 0 Å². The summed E-state index contributed by atoms with van der Waals surface area (Å²) in [5.74, 6) is 1.48. The minimum absolute atomic E-state index is 0.193. The highest BCUT2D eigenvalue weighted by Gasteiger charge is 2.16. The SMILES string of the molecule is Cn1nnc(-c2ccc(C(=O)NCc3cc(Cl)c4c(c3)OCCCO4)cc2)n1. The first-order valence-electron chi connectivity index (χ1n) is 8.81. The highest BCUT2D eigenvalue weighted by Crippen LogP contribution is 2.37. The molecule has 0 saturated carbocycles. The Kier molecular flexibility index (Phi) is 5.12. The molecule has 2 heterocycles. The summed E-state index contributed by atoms with van der Waals surface area (Å²) in [6.45, 7) is 1.47. The predicted molar refractivity (Wildman–Crippen MR) is 102 cm³/mol. The Bertz CT molecular complexity index is 1000. The number of amides is 1. The van der Waals surface area contributed by atoms with Crippen LogP contribution in [-0.4, -0.2) is 39.3 Å². The van der Waals surface area contributed by atoms with Gasteiger partial charge in [0.15, 0.2) is 11.5 Å². The van der Waals surface area contributed by atoms with Crippen LogP contribution in [0, 0.1) is 0 Å². The van der Waals surface area contributed by atoms with E-state index in [1.54, 1.807) is 37.4 Å². The van der Waals surface area contributed by atoms with Gasteiger partial charge in [-0.3, -0.25) is 4.79 Å². The molecule has 9 heteroatoms. The van der Waals surface area contributed by atoms with Gasteiger partial charge in [0.2, 0.25) is 5.82 Å². The molecule has 4 rings (SSSR count). The van der Waals surface area contributed by atoms with Gasteiger partial charge in [-0.1, -0.05) is 23.7 Å². The van der Waals surface area contributed by atoms with Crippen LogP contribution in [0.1, 0.15) is 22.3 Å². The molecular weight excluding hydrogens is 382 g/mol. The Morgan fingerprint density at radius 3 is 2.75 bits per heavy atom. The smallest absolute Gasteiger partial charge is 0.251 e. The average Bonchev–Trinajstić information content (AvgIpc) is 2.99. The van der Waals surface area contributed by atoms with Gasteiger partial charge in [-0.15, -0.1) is 10.2 Å². The molecular formula is C19H18ClN5O3. The predicted octanol–water partition coefficient (Wildman–Crippen LogP) is 2.62. The number of hydrogen-bond acceptors (Lipinski definition) is 6. The van der Waals surface area contributed by atoms with Crippen molar-refractivity contribution in [1.29, 1.82) is 0 Å². The lowest BCUT2D eigenvalue weighted by atomic mass is 10.1. The number of aryl methyl sites for hydroxylation is 1. The number of benzene rings is 2. The molecule has 1 aliphatic heterocycles. The standard InChI is InChI=1S/C19H18ClN5O3/c1-25-23-18(22-24-25)13-3-5-14(6-4-13)19(26)21-11-12-9-15(20)17-16(10-12)27-7-2-8-28-17/h3-6,9-10H,2,7-8,11H2,1H3,(H,21,26). The third kappa shape index (κ3) is 3.91. The van der Waals surface area contributed by atoms with Gasteiger partial charge >= 0.3 is 0 Å². The number of tetrazole rings is 1. The number of aromatic nitrogens is 4. The second kappa shape index (κ2) is 7.85. The summed E-state index contributed by atoms with van der Waals surface area (Å²) in [5.41, 5.74) is 2.16. The lowest BCUT2D eigenvalue weighted by Gasteiger charge is -2.12. The number of carbonyl (C=O) groups is 1. The molecule has 0 radical (unpaired) electrons. The van der Waals surface area contributed by atoms with Crippen LogP contribution in [-0.2, 0) is 13.6 Å². The molecule has 3 aromatic rings. The highest BCUT2D eigenvalue weighted by atomic mass is 35.5. The van der Waals surface area contributed by atoms with E-state index >= 15 is 0 Å². The minimum Gasteiger partial charge on any atom is -0.489 e. The number of carbonyl (C=O) groups excluding carboxylic acids is 1. The molecule has 0 unspecified atom stereocenters. The molecule has 0 saturated heterocycles. The molecule has 0 spiro atoms. The summed E-state index contributed by atoms with van der Waals surface area (Å²) < 4.78 is 11.3. The summed E-state index contributed by atoms with van der Waals surface area (Å²) in [4.78, 5) is 13.8. The van der Waals surface area contributed by atoms with Crippen molar-refractivity contribution in [3.63, 3.8) is 0 Å². The van der Waals surface area contributed by atoms with Crippen molar-refractivity contribution in [2.75, 3.05) is 13.2 Å². The van der Waals surface area contributed by atoms with E-state index in [9.17, 15) is 4.79 Å². The van der Waals surface area contributed by atoms with Gasteiger partial charge < -0.3 is 14.8 Å². The topological polar surface area (TPSA) is 91.2 Å². The lowest BCUT2D eigenvalue weighted by molar-refractivity contribution is 0.0951. The van der Waals surface area contributed by atoms with Crippen molar-refractivity contribution in [2.45, 2.75) is 13.0 Å². The number of halogens is 1. The fraction of sp³-hybridized carbons (Fsp3) is 0.263. The van der Waals surface area contributed by atoms with Crippen LogP contribution in [0.25, 0.3) is 11.4 Å². The maximum Gasteiger partial charge on any atom is 0.251 e. The number of nitrogens with one attached hydrogen (secondary N) is 1. The van der Waals surface area contributed by atoms with Gasteiger partial charge in [0, 0.05) is 24.1 Å². The molecule has 8 nitrogen and oxygen atoms in total. The summed E-state index contributed by atoms with van der Waals surface area (Å²) in [6.07, 6.45) is 0.803. The summed E-state index contributed by atoms with van der Waals surface area (Å²) in [6, 6.07) is 10.6. The Balaban J connectivity index is 1.43. The second-order valence-corrected chi connectivity index (χ2v) is 6.73. The van der Waals surface area contributed by atoms with Crippen LogP contribution in [0.15, 0.2) is 36.4 Å². The van der Waals surface area contributed by atoms with E-state index in [-0.39, 0.29) is 5.91 Å². The van der Waals surface area contributed by atoms with Crippen LogP contribution < -0.4 is 14.8 Å². The highest BCUT2D eigenvalue weighted by molar-refractivity contribution is 6.32. The summed E-state index contributed by atoms with van der Waals surface area (Å²) in [5, 5.41) is 15.3. The maximum absolute atomic E-state index is 12.5. The van der Waals surface area contributed by atoms with Crippen molar-refractivity contribution in [3.05, 3.63) is 52.5 Å². The molecule has 0 atom stereocenters. The molecule has 144 valence electrons. The van der Waals surface area contributed by atoms with Crippen LogP contribution in [0.2, 0.25) is 5.02 Å². The number of hydrogen-bond donors (Lipinski definition) is 1. The summed E-state index contributed by atoms with van der Waals surface area (Å²) in [7, 11) is 1.70. The Morgan fingerprint density at radius 1 is 1.21 bits per heavy atom. The first kappa shape index (κ1) is 18.2. The first-order chi connectivity index (χ1) is 13.6. The normalized spacial score (nSPS) is 13.1. The molecule has 0 bridgehead atoms. The third-order valence-electron chi connectivity index (χ3n) is 4.23. The number of fused-ring (bicyclic) bond motifs is 1. The zero-order valence-corrected chi connectivity index (χ0v) is 15.9. The van der Waals surface area contributed by atoms with E-state index in [0.717, 1.165) is 17.5 Å². The molecule has 1 amide bonds. The average molecular weight is 400 g/mol. The van der Waals surface area contributed by atoms with Gasteiger partial charge in [-0.2, -0.15) is 4.80 Å². The van der Waals surface area contributed by atoms with Gasteiger partial charge in [0.05, 0.1) is 25.3 Å². The van der Waals surface area contributed by atoms with Gasteiger partial charge in [0.25, 0.3) is 5.91 Å². The molecule has 28 heavy (non-hydrogen) atoms. The fourth-order valence-corrected chi connectivity index (χ4v) is 3.13. The van der Waals surface area contributed by atoms with E-state index in [1.165, 1.54) is 4.80 Å². The number of ether oxygens (including phenoxy) is 2. The maximum atomic E-state index is 12.5. The largest absolute Gasteiger partial charge is 0.489 e. The minimum atomic E-state index is -0.193. The molecule has 0 aliphatic carbocycles. The number of rotatable bonds is 4. The molecule has 1 aliphatic rings. The monoisotopic (exact) mass is 399 g/mol. The Hall–Kier alpha value is -3.13. The van der Waals surface area contributed by atoms with Crippen molar-refractivity contribution in [1.82, 2.24) is 25.5 Å².